The highest BCUT2D eigenvalue weighted by atomic mass is 19.1. The highest BCUT2D eigenvalue weighted by Crippen LogP contribution is 2.29. The SMILES string of the molecule is CCC1CN(C)CCCN1c1c(F)cc(N)cc1F. The van der Waals surface area contributed by atoms with Gasteiger partial charge >= 0.3 is 0 Å². The van der Waals surface area contributed by atoms with Crippen LogP contribution in [0, 0.1) is 11.6 Å². The maximum atomic E-state index is 14.1. The molecule has 1 aliphatic heterocycles. The smallest absolute Gasteiger partial charge is 0.151 e. The number of halogens is 2. The van der Waals surface area contributed by atoms with Crippen molar-refractivity contribution in [3.8, 4) is 0 Å². The van der Waals surface area contributed by atoms with Gasteiger partial charge in [0.15, 0.2) is 11.6 Å². The molecule has 1 unspecified atom stereocenters. The number of likely N-dealkylation sites (N-methyl/N-ethyl adjacent to an activating group) is 1. The molecule has 106 valence electrons. The summed E-state index contributed by atoms with van der Waals surface area (Å²) in [5.74, 6) is -1.14. The van der Waals surface area contributed by atoms with Gasteiger partial charge in [-0.15, -0.1) is 0 Å². The molecule has 1 aliphatic rings. The number of nitrogens with zero attached hydrogens (tertiary/aromatic N) is 2. The molecule has 1 aromatic carbocycles. The Morgan fingerprint density at radius 1 is 1.26 bits per heavy atom. The summed E-state index contributed by atoms with van der Waals surface area (Å²) in [4.78, 5) is 4.06. The Balaban J connectivity index is 2.38. The number of nitrogen functional groups attached to an aromatic ring is 1. The average molecular weight is 269 g/mol. The largest absolute Gasteiger partial charge is 0.399 e. The van der Waals surface area contributed by atoms with Gasteiger partial charge in [0.05, 0.1) is 0 Å². The van der Waals surface area contributed by atoms with E-state index in [2.05, 4.69) is 4.90 Å². The van der Waals surface area contributed by atoms with Gasteiger partial charge in [-0.25, -0.2) is 8.78 Å². The van der Waals surface area contributed by atoms with E-state index in [0.717, 1.165) is 25.9 Å². The fraction of sp³-hybridized carbons (Fsp3) is 0.571. The van der Waals surface area contributed by atoms with Crippen LogP contribution in [0.15, 0.2) is 12.1 Å². The van der Waals surface area contributed by atoms with E-state index >= 15 is 0 Å². The minimum Gasteiger partial charge on any atom is -0.399 e. The lowest BCUT2D eigenvalue weighted by molar-refractivity contribution is 0.327. The lowest BCUT2D eigenvalue weighted by Gasteiger charge is -2.32. The van der Waals surface area contributed by atoms with E-state index in [1.54, 1.807) is 0 Å². The summed E-state index contributed by atoms with van der Waals surface area (Å²) < 4.78 is 28.1. The summed E-state index contributed by atoms with van der Waals surface area (Å²) >= 11 is 0. The monoisotopic (exact) mass is 269 g/mol. The number of benzene rings is 1. The Labute approximate surface area is 113 Å². The van der Waals surface area contributed by atoms with Crippen molar-refractivity contribution in [2.24, 2.45) is 0 Å². The molecular formula is C14H21F2N3. The summed E-state index contributed by atoms with van der Waals surface area (Å²) in [5.41, 5.74) is 5.66. The van der Waals surface area contributed by atoms with Crippen molar-refractivity contribution in [3.05, 3.63) is 23.8 Å². The minimum absolute atomic E-state index is 0.0661. The molecule has 19 heavy (non-hydrogen) atoms. The third-order valence-corrected chi connectivity index (χ3v) is 3.70. The first-order valence-corrected chi connectivity index (χ1v) is 6.72. The highest BCUT2D eigenvalue weighted by Gasteiger charge is 2.26. The first kappa shape index (κ1) is 14.1. The van der Waals surface area contributed by atoms with Crippen LogP contribution in [-0.2, 0) is 0 Å². The van der Waals surface area contributed by atoms with Gasteiger partial charge in [-0.3, -0.25) is 0 Å². The summed E-state index contributed by atoms with van der Waals surface area (Å²) in [6.07, 6.45) is 1.75. The van der Waals surface area contributed by atoms with Crippen LogP contribution >= 0.6 is 0 Å². The topological polar surface area (TPSA) is 32.5 Å². The Hall–Kier alpha value is -1.36. The molecule has 0 amide bonds. The van der Waals surface area contributed by atoms with Crippen molar-refractivity contribution in [2.45, 2.75) is 25.8 Å². The number of rotatable bonds is 2. The third-order valence-electron chi connectivity index (χ3n) is 3.70. The second kappa shape index (κ2) is 5.74. The summed E-state index contributed by atoms with van der Waals surface area (Å²) in [7, 11) is 2.04. The Kier molecular flexibility index (Phi) is 4.24. The number of anilines is 2. The molecule has 0 aromatic heterocycles. The predicted octanol–water partition coefficient (Wildman–Crippen LogP) is 2.47. The van der Waals surface area contributed by atoms with Crippen molar-refractivity contribution in [1.82, 2.24) is 4.90 Å². The van der Waals surface area contributed by atoms with E-state index in [0.29, 0.717) is 6.54 Å². The normalized spacial score (nSPS) is 21.5. The van der Waals surface area contributed by atoms with Crippen molar-refractivity contribution in [1.29, 1.82) is 0 Å². The fourth-order valence-corrected chi connectivity index (χ4v) is 2.75. The lowest BCUT2D eigenvalue weighted by Crippen LogP contribution is -2.40. The molecule has 1 aromatic rings. The molecule has 5 heteroatoms. The molecule has 3 nitrogen and oxygen atoms in total. The second-order valence-corrected chi connectivity index (χ2v) is 5.20. The van der Waals surface area contributed by atoms with Crippen LogP contribution in [0.25, 0.3) is 0 Å². The van der Waals surface area contributed by atoms with Gasteiger partial charge in [0.25, 0.3) is 0 Å². The Morgan fingerprint density at radius 3 is 2.47 bits per heavy atom. The lowest BCUT2D eigenvalue weighted by atomic mass is 10.1. The molecule has 1 fully saturated rings. The number of hydrogen-bond donors (Lipinski definition) is 1. The molecule has 0 bridgehead atoms. The first-order valence-electron chi connectivity index (χ1n) is 6.72. The third kappa shape index (κ3) is 2.97. The van der Waals surface area contributed by atoms with E-state index in [1.165, 1.54) is 12.1 Å². The number of nitrogens with two attached hydrogens (primary N) is 1. The zero-order valence-corrected chi connectivity index (χ0v) is 11.5. The van der Waals surface area contributed by atoms with E-state index in [4.69, 9.17) is 5.73 Å². The van der Waals surface area contributed by atoms with Gasteiger partial charge in [0, 0.05) is 24.8 Å². The van der Waals surface area contributed by atoms with Gasteiger partial charge in [-0.2, -0.15) is 0 Å². The van der Waals surface area contributed by atoms with Crippen LogP contribution in [0.5, 0.6) is 0 Å². The average Bonchev–Trinajstić information content (AvgIpc) is 2.50. The Morgan fingerprint density at radius 2 is 1.89 bits per heavy atom. The summed E-state index contributed by atoms with van der Waals surface area (Å²) in [6, 6.07) is 2.51. The van der Waals surface area contributed by atoms with Crippen LogP contribution in [0.1, 0.15) is 19.8 Å². The molecule has 0 saturated carbocycles. The van der Waals surface area contributed by atoms with Crippen LogP contribution in [-0.4, -0.2) is 37.6 Å². The molecule has 1 saturated heterocycles. The van der Waals surface area contributed by atoms with Crippen molar-refractivity contribution < 1.29 is 8.78 Å². The molecule has 1 atom stereocenters. The van der Waals surface area contributed by atoms with Gasteiger partial charge in [0.2, 0.25) is 0 Å². The summed E-state index contributed by atoms with van der Waals surface area (Å²) in [6.45, 7) is 4.48. The Bertz CT molecular complexity index is 427. The molecular weight excluding hydrogens is 248 g/mol. The van der Waals surface area contributed by atoms with Crippen molar-refractivity contribution in [3.63, 3.8) is 0 Å². The van der Waals surface area contributed by atoms with E-state index < -0.39 is 11.6 Å². The van der Waals surface area contributed by atoms with Gasteiger partial charge in [-0.05, 0) is 38.6 Å². The van der Waals surface area contributed by atoms with Crippen molar-refractivity contribution >= 4 is 11.4 Å². The number of hydrogen-bond acceptors (Lipinski definition) is 3. The van der Waals surface area contributed by atoms with Gasteiger partial charge in [-0.1, -0.05) is 6.92 Å². The first-order chi connectivity index (χ1) is 9.02. The molecule has 0 aliphatic carbocycles. The minimum atomic E-state index is -0.569. The van der Waals surface area contributed by atoms with E-state index in [-0.39, 0.29) is 17.4 Å². The maximum absolute atomic E-state index is 14.1. The van der Waals surface area contributed by atoms with Crippen LogP contribution < -0.4 is 10.6 Å². The molecule has 0 spiro atoms. The molecule has 2 N–H and O–H groups in total. The molecule has 0 radical (unpaired) electrons. The summed E-state index contributed by atoms with van der Waals surface area (Å²) in [5, 5.41) is 0. The van der Waals surface area contributed by atoms with Crippen LogP contribution in [0.4, 0.5) is 20.2 Å². The van der Waals surface area contributed by atoms with E-state index in [1.807, 2.05) is 18.9 Å². The highest BCUT2D eigenvalue weighted by molar-refractivity contribution is 5.56. The quantitative estimate of drug-likeness (QED) is 0.837. The van der Waals surface area contributed by atoms with Crippen LogP contribution in [0.2, 0.25) is 0 Å². The zero-order valence-electron chi connectivity index (χ0n) is 11.5. The second-order valence-electron chi connectivity index (χ2n) is 5.20. The molecule has 2 rings (SSSR count). The zero-order chi connectivity index (χ0) is 14.0. The van der Waals surface area contributed by atoms with Gasteiger partial charge < -0.3 is 15.5 Å². The standard InChI is InChI=1S/C14H21F2N3/c1-3-11-9-18(2)5-4-6-19(11)14-12(15)7-10(17)8-13(14)16/h7-8,11H,3-6,9,17H2,1-2H3. The van der Waals surface area contributed by atoms with Gasteiger partial charge in [0.1, 0.15) is 5.69 Å². The maximum Gasteiger partial charge on any atom is 0.151 e. The van der Waals surface area contributed by atoms with Crippen LogP contribution in [0.3, 0.4) is 0 Å². The fourth-order valence-electron chi connectivity index (χ4n) is 2.75. The van der Waals surface area contributed by atoms with Crippen molar-refractivity contribution in [2.75, 3.05) is 37.3 Å². The predicted molar refractivity (Wildman–Crippen MR) is 74.3 cm³/mol. The molecule has 1 heterocycles. The van der Waals surface area contributed by atoms with E-state index in [9.17, 15) is 8.78 Å².